The Morgan fingerprint density at radius 1 is 1.00 bits per heavy atom. The third kappa shape index (κ3) is 3.86. The van der Waals surface area contributed by atoms with E-state index in [-0.39, 0.29) is 5.82 Å². The number of anilines is 1. The molecule has 0 atom stereocenters. The summed E-state index contributed by atoms with van der Waals surface area (Å²) in [5.41, 5.74) is 1.44. The van der Waals surface area contributed by atoms with Crippen LogP contribution < -0.4 is 5.32 Å². The Hall–Kier alpha value is -3.58. The van der Waals surface area contributed by atoms with E-state index in [1.165, 1.54) is 24.6 Å². The first-order valence-electron chi connectivity index (χ1n) is 8.44. The smallest absolute Gasteiger partial charge is 0.262 e. The molecular weight excluding hydrogens is 400 g/mol. The van der Waals surface area contributed by atoms with Crippen LogP contribution in [0.3, 0.4) is 0 Å². The largest absolute Gasteiger partial charge is 0.445 e. The molecule has 0 spiro atoms. The molecule has 0 unspecified atom stereocenters. The minimum atomic E-state index is -0.950. The van der Waals surface area contributed by atoms with Crippen molar-refractivity contribution in [3.8, 4) is 22.6 Å². The van der Waals surface area contributed by atoms with Crippen molar-refractivity contribution in [2.24, 2.45) is 0 Å². The van der Waals surface area contributed by atoms with Crippen molar-refractivity contribution in [1.82, 2.24) is 9.97 Å². The number of nitrogens with one attached hydrogen (secondary N) is 1. The Morgan fingerprint density at radius 2 is 1.76 bits per heavy atom. The van der Waals surface area contributed by atoms with E-state index in [9.17, 15) is 13.6 Å². The maximum atomic E-state index is 13.7. The van der Waals surface area contributed by atoms with E-state index < -0.39 is 23.1 Å². The molecule has 5 nitrogen and oxygen atoms in total. The van der Waals surface area contributed by atoms with Crippen LogP contribution in [-0.2, 0) is 0 Å². The van der Waals surface area contributed by atoms with Crippen LogP contribution in [0.2, 0.25) is 5.02 Å². The van der Waals surface area contributed by atoms with Gasteiger partial charge in [-0.3, -0.25) is 4.79 Å². The summed E-state index contributed by atoms with van der Waals surface area (Å²) in [6.45, 7) is 0. The van der Waals surface area contributed by atoms with Gasteiger partial charge in [0.25, 0.3) is 5.91 Å². The molecule has 0 saturated carbocycles. The molecule has 144 valence electrons. The molecule has 4 rings (SSSR count). The molecule has 0 radical (unpaired) electrons. The van der Waals surface area contributed by atoms with Crippen molar-refractivity contribution in [2.45, 2.75) is 0 Å². The third-order valence-corrected chi connectivity index (χ3v) is 4.48. The van der Waals surface area contributed by atoms with Crippen LogP contribution in [0.1, 0.15) is 10.4 Å². The van der Waals surface area contributed by atoms with E-state index in [1.54, 1.807) is 30.5 Å². The van der Waals surface area contributed by atoms with Gasteiger partial charge >= 0.3 is 0 Å². The van der Waals surface area contributed by atoms with Crippen LogP contribution >= 0.6 is 11.6 Å². The lowest BCUT2D eigenvalue weighted by Gasteiger charge is -2.09. The quantitative estimate of drug-likeness (QED) is 0.475. The van der Waals surface area contributed by atoms with E-state index in [0.29, 0.717) is 22.0 Å². The average Bonchev–Trinajstić information content (AvgIpc) is 3.24. The minimum absolute atomic E-state index is 0.140. The number of halogens is 3. The van der Waals surface area contributed by atoms with E-state index in [2.05, 4.69) is 15.3 Å². The molecule has 8 heteroatoms. The average molecular weight is 412 g/mol. The van der Waals surface area contributed by atoms with Crippen molar-refractivity contribution in [3.05, 3.63) is 89.4 Å². The molecular formula is C21H12ClF2N3O2. The second-order valence-electron chi connectivity index (χ2n) is 6.01. The van der Waals surface area contributed by atoms with Gasteiger partial charge in [-0.05, 0) is 42.5 Å². The lowest BCUT2D eigenvalue weighted by molar-refractivity contribution is 0.101. The molecule has 2 heterocycles. The first kappa shape index (κ1) is 18.8. The number of hydrogen-bond acceptors (Lipinski definition) is 4. The van der Waals surface area contributed by atoms with Crippen LogP contribution in [0.15, 0.2) is 71.6 Å². The van der Waals surface area contributed by atoms with E-state index >= 15 is 0 Å². The molecule has 0 bridgehead atoms. The third-order valence-electron chi connectivity index (χ3n) is 4.15. The van der Waals surface area contributed by atoms with Crippen molar-refractivity contribution < 1.29 is 18.0 Å². The second-order valence-corrected chi connectivity index (χ2v) is 6.42. The number of pyridine rings is 1. The summed E-state index contributed by atoms with van der Waals surface area (Å²) in [6, 6.07) is 11.7. The molecule has 2 aromatic carbocycles. The molecule has 0 fully saturated rings. The predicted molar refractivity (Wildman–Crippen MR) is 104 cm³/mol. The summed E-state index contributed by atoms with van der Waals surface area (Å²) < 4.78 is 32.8. The summed E-state index contributed by atoms with van der Waals surface area (Å²) in [5, 5.41) is 2.87. The van der Waals surface area contributed by atoms with Gasteiger partial charge in [-0.1, -0.05) is 17.7 Å². The zero-order valence-electron chi connectivity index (χ0n) is 14.7. The van der Waals surface area contributed by atoms with E-state index in [0.717, 1.165) is 17.7 Å². The zero-order chi connectivity index (χ0) is 20.4. The van der Waals surface area contributed by atoms with Crippen molar-refractivity contribution in [3.63, 3.8) is 0 Å². The molecule has 0 aliphatic carbocycles. The topological polar surface area (TPSA) is 68.0 Å². The van der Waals surface area contributed by atoms with E-state index in [4.69, 9.17) is 16.0 Å². The minimum Gasteiger partial charge on any atom is -0.445 e. The monoisotopic (exact) mass is 411 g/mol. The first-order valence-corrected chi connectivity index (χ1v) is 8.82. The van der Waals surface area contributed by atoms with Gasteiger partial charge in [-0.25, -0.2) is 18.7 Å². The first-order chi connectivity index (χ1) is 14.0. The fraction of sp³-hybridized carbons (Fsp3) is 0. The molecule has 2 aromatic heterocycles. The maximum Gasteiger partial charge on any atom is 0.262 e. The highest BCUT2D eigenvalue weighted by molar-refractivity contribution is 6.33. The van der Waals surface area contributed by atoms with Gasteiger partial charge in [0.2, 0.25) is 5.89 Å². The highest BCUT2D eigenvalue weighted by atomic mass is 35.5. The van der Waals surface area contributed by atoms with Gasteiger partial charge in [0.05, 0.1) is 6.20 Å². The standard InChI is InChI=1S/C21H12ClF2N3O2/c22-15-6-4-12(21-25-8-9-29-21)10-14(15)13-5-7-18(26-11-13)27-20(28)19-16(23)2-1-3-17(19)24/h1-11H,(H,26,27,28). The van der Waals surface area contributed by atoms with Crippen LogP contribution in [0, 0.1) is 11.6 Å². The Labute approximate surface area is 169 Å². The van der Waals surface area contributed by atoms with Crippen LogP contribution in [0.4, 0.5) is 14.6 Å². The SMILES string of the molecule is O=C(Nc1ccc(-c2cc(-c3ncco3)ccc2Cl)cn1)c1c(F)cccc1F. The van der Waals surface area contributed by atoms with Gasteiger partial charge < -0.3 is 9.73 Å². The van der Waals surface area contributed by atoms with Crippen LogP contribution in [0.25, 0.3) is 22.6 Å². The van der Waals surface area contributed by atoms with Crippen LogP contribution in [0.5, 0.6) is 0 Å². The van der Waals surface area contributed by atoms with Crippen molar-refractivity contribution in [2.75, 3.05) is 5.32 Å². The number of hydrogen-bond donors (Lipinski definition) is 1. The zero-order valence-corrected chi connectivity index (χ0v) is 15.5. The molecule has 0 aliphatic rings. The second kappa shape index (κ2) is 7.81. The number of nitrogens with zero attached hydrogens (tertiary/aromatic N) is 2. The predicted octanol–water partition coefficient (Wildman–Crippen LogP) is 5.59. The number of amides is 1. The lowest BCUT2D eigenvalue weighted by Crippen LogP contribution is -2.16. The molecule has 0 saturated heterocycles. The molecule has 1 amide bonds. The highest BCUT2D eigenvalue weighted by Crippen LogP contribution is 2.32. The van der Waals surface area contributed by atoms with Gasteiger partial charge in [0.15, 0.2) is 0 Å². The fourth-order valence-corrected chi connectivity index (χ4v) is 2.99. The summed E-state index contributed by atoms with van der Waals surface area (Å²) in [7, 11) is 0. The Morgan fingerprint density at radius 3 is 2.41 bits per heavy atom. The maximum absolute atomic E-state index is 13.7. The normalized spacial score (nSPS) is 10.7. The summed E-state index contributed by atoms with van der Waals surface area (Å²) in [4.78, 5) is 20.4. The number of rotatable bonds is 4. The number of oxazole rings is 1. The van der Waals surface area contributed by atoms with Gasteiger partial charge in [-0.2, -0.15) is 0 Å². The number of carbonyl (C=O) groups excluding carboxylic acids is 1. The van der Waals surface area contributed by atoms with Gasteiger partial charge in [0, 0.05) is 27.9 Å². The van der Waals surface area contributed by atoms with Crippen molar-refractivity contribution >= 4 is 23.3 Å². The van der Waals surface area contributed by atoms with Gasteiger partial charge in [0.1, 0.15) is 29.3 Å². The molecule has 0 aliphatic heterocycles. The summed E-state index contributed by atoms with van der Waals surface area (Å²) >= 11 is 6.30. The summed E-state index contributed by atoms with van der Waals surface area (Å²) in [5.74, 6) is -2.23. The number of carbonyl (C=O) groups is 1. The van der Waals surface area contributed by atoms with Gasteiger partial charge in [-0.15, -0.1) is 0 Å². The van der Waals surface area contributed by atoms with Crippen LogP contribution in [-0.4, -0.2) is 15.9 Å². The highest BCUT2D eigenvalue weighted by Gasteiger charge is 2.17. The number of aromatic nitrogens is 2. The molecule has 29 heavy (non-hydrogen) atoms. The Kier molecular flexibility index (Phi) is 5.05. The lowest BCUT2D eigenvalue weighted by atomic mass is 10.0. The Bertz CT molecular complexity index is 1160. The summed E-state index contributed by atoms with van der Waals surface area (Å²) in [6.07, 6.45) is 4.51. The number of benzene rings is 2. The van der Waals surface area contributed by atoms with E-state index in [1.807, 2.05) is 0 Å². The Balaban J connectivity index is 1.59. The molecule has 1 N–H and O–H groups in total. The fourth-order valence-electron chi connectivity index (χ4n) is 2.77. The van der Waals surface area contributed by atoms with Crippen molar-refractivity contribution in [1.29, 1.82) is 0 Å². The molecule has 4 aromatic rings.